The molecule has 3 heteroatoms. The molecule has 0 amide bonds. The van der Waals surface area contributed by atoms with Crippen LogP contribution in [0.5, 0.6) is 0 Å². The molecule has 0 aromatic carbocycles. The third-order valence-corrected chi connectivity index (χ3v) is 3.97. The molecule has 0 aliphatic heterocycles. The Morgan fingerprint density at radius 3 is 2.50 bits per heavy atom. The van der Waals surface area contributed by atoms with Gasteiger partial charge in [0.25, 0.3) is 0 Å². The molecule has 3 nitrogen and oxygen atoms in total. The van der Waals surface area contributed by atoms with Crippen LogP contribution in [0.2, 0.25) is 0 Å². The quantitative estimate of drug-likeness (QED) is 0.756. The maximum Gasteiger partial charge on any atom is 0.0615 e. The van der Waals surface area contributed by atoms with E-state index in [9.17, 15) is 0 Å². The van der Waals surface area contributed by atoms with Crippen molar-refractivity contribution in [3.63, 3.8) is 0 Å². The molecule has 2 N–H and O–H groups in total. The van der Waals surface area contributed by atoms with E-state index < -0.39 is 0 Å². The highest BCUT2D eigenvalue weighted by molar-refractivity contribution is 4.88. The largest absolute Gasteiger partial charge is 0.383 e. The first kappa shape index (κ1) is 13.9. The minimum absolute atomic E-state index is 0.110. The van der Waals surface area contributed by atoms with Crippen LogP contribution >= 0.6 is 0 Å². The fourth-order valence-electron chi connectivity index (χ4n) is 2.49. The van der Waals surface area contributed by atoms with Crippen LogP contribution in [0.25, 0.3) is 0 Å². The Bertz CT molecular complexity index is 190. The maximum absolute atomic E-state index is 6.42. The normalized spacial score (nSPS) is 22.3. The Morgan fingerprint density at radius 1 is 1.31 bits per heavy atom. The fraction of sp³-hybridized carbons (Fsp3) is 1.00. The number of hydrogen-bond donors (Lipinski definition) is 1. The number of hydrogen-bond acceptors (Lipinski definition) is 3. The Hall–Kier alpha value is -0.120. The van der Waals surface area contributed by atoms with Gasteiger partial charge in [0.1, 0.15) is 0 Å². The average Bonchev–Trinajstić information content (AvgIpc) is 2.27. The predicted octanol–water partition coefficient (Wildman–Crippen LogP) is 2.00. The summed E-state index contributed by atoms with van der Waals surface area (Å²) in [5.41, 5.74) is 6.53. The Kier molecular flexibility index (Phi) is 5.73. The SMILES string of the molecule is COCC(C)N(C)CCC1(N)CCCCC1. The van der Waals surface area contributed by atoms with Crippen molar-refractivity contribution in [1.29, 1.82) is 0 Å². The van der Waals surface area contributed by atoms with Crippen LogP contribution in [0.3, 0.4) is 0 Å². The maximum atomic E-state index is 6.42. The molecule has 1 rings (SSSR count). The lowest BCUT2D eigenvalue weighted by molar-refractivity contribution is 0.107. The highest BCUT2D eigenvalue weighted by Crippen LogP contribution is 2.28. The van der Waals surface area contributed by atoms with Gasteiger partial charge in [-0.05, 0) is 39.8 Å². The van der Waals surface area contributed by atoms with Crippen molar-refractivity contribution in [3.05, 3.63) is 0 Å². The molecule has 1 saturated carbocycles. The van der Waals surface area contributed by atoms with Gasteiger partial charge in [-0.25, -0.2) is 0 Å². The monoisotopic (exact) mass is 228 g/mol. The second-order valence-electron chi connectivity index (χ2n) is 5.46. The summed E-state index contributed by atoms with van der Waals surface area (Å²) in [6, 6.07) is 0.484. The number of nitrogens with two attached hydrogens (primary N) is 1. The van der Waals surface area contributed by atoms with Crippen LogP contribution in [0, 0.1) is 0 Å². The summed E-state index contributed by atoms with van der Waals surface area (Å²) >= 11 is 0. The summed E-state index contributed by atoms with van der Waals surface area (Å²) < 4.78 is 5.17. The lowest BCUT2D eigenvalue weighted by Crippen LogP contribution is -2.45. The van der Waals surface area contributed by atoms with Gasteiger partial charge >= 0.3 is 0 Å². The highest BCUT2D eigenvalue weighted by Gasteiger charge is 2.27. The van der Waals surface area contributed by atoms with Crippen LogP contribution in [0.15, 0.2) is 0 Å². The van der Waals surface area contributed by atoms with Crippen LogP contribution < -0.4 is 5.73 Å². The van der Waals surface area contributed by atoms with Crippen molar-refractivity contribution in [1.82, 2.24) is 4.90 Å². The molecule has 0 spiro atoms. The molecule has 0 aromatic rings. The zero-order chi connectivity index (χ0) is 12.0. The van der Waals surface area contributed by atoms with E-state index in [0.29, 0.717) is 6.04 Å². The summed E-state index contributed by atoms with van der Waals surface area (Å²) in [6.07, 6.45) is 7.53. The fourth-order valence-corrected chi connectivity index (χ4v) is 2.49. The predicted molar refractivity (Wildman–Crippen MR) is 68.6 cm³/mol. The van der Waals surface area contributed by atoms with E-state index in [-0.39, 0.29) is 5.54 Å². The lowest BCUT2D eigenvalue weighted by atomic mass is 9.80. The summed E-state index contributed by atoms with van der Waals surface area (Å²) in [5.74, 6) is 0. The first-order valence-corrected chi connectivity index (χ1v) is 6.55. The standard InChI is InChI=1S/C13H28N2O/c1-12(11-16-3)15(2)10-9-13(14)7-5-4-6-8-13/h12H,4-11,14H2,1-3H3. The minimum atomic E-state index is 0.110. The smallest absolute Gasteiger partial charge is 0.0615 e. The molecular weight excluding hydrogens is 200 g/mol. The number of rotatable bonds is 6. The van der Waals surface area contributed by atoms with E-state index >= 15 is 0 Å². The molecule has 0 bridgehead atoms. The number of nitrogens with zero attached hydrogens (tertiary/aromatic N) is 1. The molecule has 16 heavy (non-hydrogen) atoms. The first-order valence-electron chi connectivity index (χ1n) is 6.55. The van der Waals surface area contributed by atoms with E-state index in [4.69, 9.17) is 10.5 Å². The average molecular weight is 228 g/mol. The van der Waals surface area contributed by atoms with Gasteiger partial charge in [-0.1, -0.05) is 19.3 Å². The van der Waals surface area contributed by atoms with E-state index in [0.717, 1.165) is 19.6 Å². The first-order chi connectivity index (χ1) is 7.57. The minimum Gasteiger partial charge on any atom is -0.383 e. The van der Waals surface area contributed by atoms with Gasteiger partial charge in [0.15, 0.2) is 0 Å². The molecule has 0 saturated heterocycles. The number of likely N-dealkylation sites (N-methyl/N-ethyl adjacent to an activating group) is 1. The summed E-state index contributed by atoms with van der Waals surface area (Å²) in [5, 5.41) is 0. The zero-order valence-corrected chi connectivity index (χ0v) is 11.2. The van der Waals surface area contributed by atoms with Crippen molar-refractivity contribution in [2.24, 2.45) is 5.73 Å². The van der Waals surface area contributed by atoms with E-state index in [1.54, 1.807) is 7.11 Å². The lowest BCUT2D eigenvalue weighted by Gasteiger charge is -2.36. The van der Waals surface area contributed by atoms with Gasteiger partial charge in [-0.15, -0.1) is 0 Å². The molecule has 1 aliphatic carbocycles. The molecule has 96 valence electrons. The molecule has 1 fully saturated rings. The topological polar surface area (TPSA) is 38.5 Å². The second kappa shape index (κ2) is 6.58. The van der Waals surface area contributed by atoms with Crippen molar-refractivity contribution < 1.29 is 4.74 Å². The van der Waals surface area contributed by atoms with E-state index in [2.05, 4.69) is 18.9 Å². The molecule has 1 aliphatic rings. The van der Waals surface area contributed by atoms with Gasteiger partial charge in [0.05, 0.1) is 6.61 Å². The van der Waals surface area contributed by atoms with Gasteiger partial charge in [0.2, 0.25) is 0 Å². The zero-order valence-electron chi connectivity index (χ0n) is 11.2. The van der Waals surface area contributed by atoms with Crippen LogP contribution in [0.4, 0.5) is 0 Å². The summed E-state index contributed by atoms with van der Waals surface area (Å²) in [6.45, 7) is 4.09. The van der Waals surface area contributed by atoms with Crippen molar-refractivity contribution in [2.75, 3.05) is 27.3 Å². The van der Waals surface area contributed by atoms with Gasteiger partial charge in [-0.2, -0.15) is 0 Å². The third-order valence-electron chi connectivity index (χ3n) is 3.97. The highest BCUT2D eigenvalue weighted by atomic mass is 16.5. The van der Waals surface area contributed by atoms with Crippen LogP contribution in [-0.2, 0) is 4.74 Å². The Balaban J connectivity index is 2.26. The second-order valence-corrected chi connectivity index (χ2v) is 5.46. The Morgan fingerprint density at radius 2 is 1.94 bits per heavy atom. The molecule has 0 radical (unpaired) electrons. The third kappa shape index (κ3) is 4.40. The molecule has 0 aromatic heterocycles. The van der Waals surface area contributed by atoms with Crippen molar-refractivity contribution >= 4 is 0 Å². The van der Waals surface area contributed by atoms with Gasteiger partial charge < -0.3 is 15.4 Å². The van der Waals surface area contributed by atoms with Crippen molar-refractivity contribution in [2.45, 2.75) is 57.0 Å². The van der Waals surface area contributed by atoms with E-state index in [1.807, 2.05) is 0 Å². The van der Waals surface area contributed by atoms with Crippen LogP contribution in [-0.4, -0.2) is 43.8 Å². The number of methoxy groups -OCH3 is 1. The molecule has 1 atom stereocenters. The van der Waals surface area contributed by atoms with Gasteiger partial charge in [0, 0.05) is 18.7 Å². The molecule has 1 unspecified atom stereocenters. The van der Waals surface area contributed by atoms with Gasteiger partial charge in [-0.3, -0.25) is 0 Å². The molecular formula is C13H28N2O. The molecule has 0 heterocycles. The Labute approximate surface area is 100 Å². The van der Waals surface area contributed by atoms with Crippen molar-refractivity contribution in [3.8, 4) is 0 Å². The summed E-state index contributed by atoms with van der Waals surface area (Å²) in [4.78, 5) is 2.35. The summed E-state index contributed by atoms with van der Waals surface area (Å²) in [7, 11) is 3.92. The van der Waals surface area contributed by atoms with E-state index in [1.165, 1.54) is 32.1 Å². The van der Waals surface area contributed by atoms with Crippen LogP contribution in [0.1, 0.15) is 45.4 Å². The number of ether oxygens (including phenoxy) is 1.